The van der Waals surface area contributed by atoms with E-state index in [-0.39, 0.29) is 0 Å². The molecule has 0 saturated carbocycles. The monoisotopic (exact) mass is 964 g/mol. The van der Waals surface area contributed by atoms with Crippen molar-refractivity contribution in [2.75, 3.05) is 0 Å². The highest BCUT2D eigenvalue weighted by atomic mass is 16.3. The number of fused-ring (bicyclic) bond motifs is 11. The van der Waals surface area contributed by atoms with Crippen LogP contribution in [-0.2, 0) is 0 Å². The molecule has 2 aromatic heterocycles. The van der Waals surface area contributed by atoms with E-state index in [0.717, 1.165) is 60.6 Å². The van der Waals surface area contributed by atoms with E-state index >= 15 is 0 Å². The van der Waals surface area contributed by atoms with Gasteiger partial charge >= 0.3 is 0 Å². The number of rotatable bonds is 6. The molecular formula is C74H44O2. The number of hydrogen-bond donors (Lipinski definition) is 0. The number of para-hydroxylation sites is 4. The van der Waals surface area contributed by atoms with Gasteiger partial charge in [-0.15, -0.1) is 0 Å². The zero-order chi connectivity index (χ0) is 49.8. The first-order chi connectivity index (χ1) is 37.7. The van der Waals surface area contributed by atoms with Gasteiger partial charge in [0, 0.05) is 43.8 Å². The molecule has 0 amide bonds. The smallest absolute Gasteiger partial charge is 0.143 e. The molecule has 0 unspecified atom stereocenters. The molecule has 2 heteroatoms. The molecule has 0 bridgehead atoms. The third-order valence-corrected chi connectivity index (χ3v) is 16.0. The first-order valence-corrected chi connectivity index (χ1v) is 26.1. The van der Waals surface area contributed by atoms with E-state index in [1.165, 1.54) is 104 Å². The number of benzene rings is 14. The van der Waals surface area contributed by atoms with Gasteiger partial charge in [-0.2, -0.15) is 0 Å². The summed E-state index contributed by atoms with van der Waals surface area (Å²) in [5.41, 5.74) is 17.7. The van der Waals surface area contributed by atoms with E-state index in [0.29, 0.717) is 0 Å². The summed E-state index contributed by atoms with van der Waals surface area (Å²) in [6, 6.07) is 97.4. The van der Waals surface area contributed by atoms with Gasteiger partial charge < -0.3 is 8.83 Å². The van der Waals surface area contributed by atoms with Crippen molar-refractivity contribution >= 4 is 97.7 Å². The standard InChI is InChI=1S/C74H44O2/c1-2-19-48-44-66(49-20-15-21-50(42-49)70-55-26-5-9-30-59(55)72(60-31-10-6-27-56(60)70)64-35-17-33-62-52-23-12-14-37-68(52)76-74(62)64)65(43-47(48)18-1)45-38-40-46(41-39-45)69-53-24-3-7-28-57(53)71(58-29-8-4-25-54(58)69)63-34-16-32-61-51-22-11-13-36-67(51)75-73(61)63/h1-44H. The minimum atomic E-state index is 0.901. The third kappa shape index (κ3) is 6.41. The van der Waals surface area contributed by atoms with Crippen molar-refractivity contribution < 1.29 is 8.83 Å². The molecule has 2 nitrogen and oxygen atoms in total. The van der Waals surface area contributed by atoms with Gasteiger partial charge in [-0.1, -0.05) is 237 Å². The van der Waals surface area contributed by atoms with E-state index in [1.54, 1.807) is 0 Å². The van der Waals surface area contributed by atoms with Crippen LogP contribution in [0.2, 0.25) is 0 Å². The molecule has 0 radical (unpaired) electrons. The quantitative estimate of drug-likeness (QED) is 0.155. The second-order valence-corrected chi connectivity index (χ2v) is 20.1. The normalized spacial score (nSPS) is 11.9. The second kappa shape index (κ2) is 16.8. The van der Waals surface area contributed by atoms with E-state index in [9.17, 15) is 0 Å². The fourth-order valence-corrected chi connectivity index (χ4v) is 12.7. The minimum absolute atomic E-state index is 0.901. The highest BCUT2D eigenvalue weighted by Gasteiger charge is 2.23. The SMILES string of the molecule is c1cc(-c2cc3ccccc3cc2-c2ccc(-c3c4ccccc4c(-c4cccc5c4oc4ccccc45)c4ccccc34)cc2)cc(-c2c3ccccc3c(-c3cccc4c3oc3ccccc34)c3ccccc23)c1. The first-order valence-electron chi connectivity index (χ1n) is 26.1. The van der Waals surface area contributed by atoms with Crippen LogP contribution < -0.4 is 0 Å². The van der Waals surface area contributed by atoms with Crippen molar-refractivity contribution in [2.45, 2.75) is 0 Å². The van der Waals surface area contributed by atoms with Crippen LogP contribution in [0.1, 0.15) is 0 Å². The van der Waals surface area contributed by atoms with Gasteiger partial charge in [-0.05, 0) is 129 Å². The Morgan fingerprint density at radius 2 is 0.513 bits per heavy atom. The van der Waals surface area contributed by atoms with E-state index in [2.05, 4.69) is 255 Å². The Morgan fingerprint density at radius 1 is 0.184 bits per heavy atom. The second-order valence-electron chi connectivity index (χ2n) is 20.1. The summed E-state index contributed by atoms with van der Waals surface area (Å²) < 4.78 is 13.4. The first kappa shape index (κ1) is 42.5. The molecule has 76 heavy (non-hydrogen) atoms. The average Bonchev–Trinajstić information content (AvgIpc) is 4.14. The van der Waals surface area contributed by atoms with Crippen molar-refractivity contribution in [3.63, 3.8) is 0 Å². The molecule has 0 aliphatic rings. The van der Waals surface area contributed by atoms with Crippen LogP contribution in [0, 0.1) is 0 Å². The molecular weight excluding hydrogens is 921 g/mol. The zero-order valence-corrected chi connectivity index (χ0v) is 41.2. The predicted molar refractivity (Wildman–Crippen MR) is 321 cm³/mol. The molecule has 0 N–H and O–H groups in total. The highest BCUT2D eigenvalue weighted by molar-refractivity contribution is 6.26. The van der Waals surface area contributed by atoms with Crippen molar-refractivity contribution in [1.29, 1.82) is 0 Å². The maximum absolute atomic E-state index is 6.69. The number of hydrogen-bond acceptors (Lipinski definition) is 2. The Kier molecular flexibility index (Phi) is 9.37. The van der Waals surface area contributed by atoms with Gasteiger partial charge in [0.2, 0.25) is 0 Å². The van der Waals surface area contributed by atoms with Gasteiger partial charge in [-0.25, -0.2) is 0 Å². The topological polar surface area (TPSA) is 26.3 Å². The summed E-state index contributed by atoms with van der Waals surface area (Å²) >= 11 is 0. The molecule has 0 atom stereocenters. The lowest BCUT2D eigenvalue weighted by Gasteiger charge is -2.19. The molecule has 0 saturated heterocycles. The van der Waals surface area contributed by atoms with Gasteiger partial charge in [0.15, 0.2) is 0 Å². The molecule has 0 spiro atoms. The summed E-state index contributed by atoms with van der Waals surface area (Å²) in [5, 5.41) is 16.5. The zero-order valence-electron chi connectivity index (χ0n) is 41.2. The molecule has 14 aromatic carbocycles. The van der Waals surface area contributed by atoms with Crippen LogP contribution in [0.3, 0.4) is 0 Å². The fourth-order valence-electron chi connectivity index (χ4n) is 12.7. The molecule has 0 aliphatic carbocycles. The van der Waals surface area contributed by atoms with Gasteiger partial charge in [0.05, 0.1) is 0 Å². The molecule has 0 aliphatic heterocycles. The molecule has 16 aromatic rings. The summed E-state index contributed by atoms with van der Waals surface area (Å²) in [7, 11) is 0. The summed E-state index contributed by atoms with van der Waals surface area (Å²) in [6.07, 6.45) is 0. The molecule has 0 fully saturated rings. The van der Waals surface area contributed by atoms with Crippen LogP contribution in [0.5, 0.6) is 0 Å². The highest BCUT2D eigenvalue weighted by Crippen LogP contribution is 2.50. The van der Waals surface area contributed by atoms with Gasteiger partial charge in [-0.3, -0.25) is 0 Å². The van der Waals surface area contributed by atoms with E-state index in [1.807, 2.05) is 12.1 Å². The maximum atomic E-state index is 6.69. The van der Waals surface area contributed by atoms with E-state index < -0.39 is 0 Å². The summed E-state index contributed by atoms with van der Waals surface area (Å²) in [4.78, 5) is 0. The van der Waals surface area contributed by atoms with E-state index in [4.69, 9.17) is 8.83 Å². The van der Waals surface area contributed by atoms with Crippen molar-refractivity contribution in [2.24, 2.45) is 0 Å². The lowest BCUT2D eigenvalue weighted by atomic mass is 9.84. The average molecular weight is 965 g/mol. The predicted octanol–water partition coefficient (Wildman–Crippen LogP) is 21.3. The molecule has 16 rings (SSSR count). The fraction of sp³-hybridized carbons (Fsp3) is 0. The van der Waals surface area contributed by atoms with Crippen molar-refractivity contribution in [1.82, 2.24) is 0 Å². The van der Waals surface area contributed by atoms with Crippen LogP contribution in [-0.4, -0.2) is 0 Å². The van der Waals surface area contributed by atoms with Gasteiger partial charge in [0.1, 0.15) is 22.3 Å². The van der Waals surface area contributed by atoms with Crippen LogP contribution in [0.25, 0.3) is 165 Å². The van der Waals surface area contributed by atoms with Gasteiger partial charge in [0.25, 0.3) is 0 Å². The Morgan fingerprint density at radius 3 is 0.974 bits per heavy atom. The summed E-state index contributed by atoms with van der Waals surface area (Å²) in [6.45, 7) is 0. The van der Waals surface area contributed by atoms with Crippen LogP contribution >= 0.6 is 0 Å². The Labute approximate surface area is 437 Å². The van der Waals surface area contributed by atoms with Crippen molar-refractivity contribution in [3.05, 3.63) is 267 Å². The number of furan rings is 2. The van der Waals surface area contributed by atoms with Crippen LogP contribution in [0.15, 0.2) is 276 Å². The Bertz CT molecular complexity index is 4930. The largest absolute Gasteiger partial charge is 0.455 e. The van der Waals surface area contributed by atoms with Crippen LogP contribution in [0.4, 0.5) is 0 Å². The Hall–Kier alpha value is -10.0. The lowest BCUT2D eigenvalue weighted by molar-refractivity contribution is 0.669. The van der Waals surface area contributed by atoms with Crippen molar-refractivity contribution in [3.8, 4) is 66.8 Å². The maximum Gasteiger partial charge on any atom is 0.143 e. The summed E-state index contributed by atoms with van der Waals surface area (Å²) in [5.74, 6) is 0. The third-order valence-electron chi connectivity index (χ3n) is 16.0. The minimum Gasteiger partial charge on any atom is -0.455 e. The molecule has 2 heterocycles. The lowest BCUT2D eigenvalue weighted by Crippen LogP contribution is -1.92. The Balaban J connectivity index is 0.853. The molecule has 352 valence electrons.